The summed E-state index contributed by atoms with van der Waals surface area (Å²) in [5.74, 6) is 0.383. The number of pyridine rings is 1. The zero-order valence-electron chi connectivity index (χ0n) is 10.8. The Kier molecular flexibility index (Phi) is 4.79. The van der Waals surface area contributed by atoms with Gasteiger partial charge >= 0.3 is 0 Å². The van der Waals surface area contributed by atoms with Crippen LogP contribution in [0.2, 0.25) is 0 Å². The smallest absolute Gasteiger partial charge is 0.0270 e. The minimum Gasteiger partial charge on any atom is -0.319 e. The lowest BCUT2D eigenvalue weighted by molar-refractivity contribution is 0.707. The van der Waals surface area contributed by atoms with Crippen molar-refractivity contribution in [3.63, 3.8) is 0 Å². The van der Waals surface area contributed by atoms with Gasteiger partial charge in [-0.05, 0) is 48.7 Å². The van der Waals surface area contributed by atoms with Crippen LogP contribution in [0.25, 0.3) is 0 Å². The van der Waals surface area contributed by atoms with Gasteiger partial charge in [-0.3, -0.25) is 4.98 Å². The van der Waals surface area contributed by atoms with Gasteiger partial charge in [0, 0.05) is 29.8 Å². The van der Waals surface area contributed by atoms with Gasteiger partial charge in [-0.1, -0.05) is 12.1 Å². The van der Waals surface area contributed by atoms with Gasteiger partial charge in [0.05, 0.1) is 0 Å². The minimum absolute atomic E-state index is 0.383. The van der Waals surface area contributed by atoms with Crippen LogP contribution < -0.4 is 5.32 Å². The molecule has 2 aromatic rings. The molecule has 0 aliphatic rings. The number of nitrogens with zero attached hydrogens (tertiary/aromatic N) is 1. The maximum atomic E-state index is 4.09. The molecule has 0 bridgehead atoms. The lowest BCUT2D eigenvalue weighted by Crippen LogP contribution is -2.18. The van der Waals surface area contributed by atoms with Crippen LogP contribution in [-0.4, -0.2) is 24.8 Å². The van der Waals surface area contributed by atoms with Crippen LogP contribution in [0.1, 0.15) is 17.0 Å². The van der Waals surface area contributed by atoms with Crippen molar-refractivity contribution < 1.29 is 0 Å². The average Bonchev–Trinajstić information content (AvgIpc) is 2.46. The van der Waals surface area contributed by atoms with Gasteiger partial charge in [-0.25, -0.2) is 0 Å². The van der Waals surface area contributed by atoms with Gasteiger partial charge in [0.1, 0.15) is 0 Å². The number of thioether (sulfide) groups is 1. The van der Waals surface area contributed by atoms with Crippen LogP contribution in [0, 0.1) is 0 Å². The lowest BCUT2D eigenvalue weighted by atomic mass is 9.92. The molecule has 18 heavy (non-hydrogen) atoms. The summed E-state index contributed by atoms with van der Waals surface area (Å²) in [5, 5.41) is 3.27. The van der Waals surface area contributed by atoms with Crippen molar-refractivity contribution in [2.75, 3.05) is 19.8 Å². The van der Waals surface area contributed by atoms with Crippen LogP contribution in [-0.2, 0) is 0 Å². The fraction of sp³-hybridized carbons (Fsp3) is 0.267. The van der Waals surface area contributed by atoms with Crippen LogP contribution in [0.4, 0.5) is 0 Å². The van der Waals surface area contributed by atoms with Crippen molar-refractivity contribution >= 4 is 11.8 Å². The normalized spacial score (nSPS) is 12.3. The second kappa shape index (κ2) is 6.57. The van der Waals surface area contributed by atoms with E-state index in [1.165, 1.54) is 16.0 Å². The summed E-state index contributed by atoms with van der Waals surface area (Å²) in [4.78, 5) is 5.39. The third-order valence-electron chi connectivity index (χ3n) is 3.03. The molecule has 1 unspecified atom stereocenters. The number of hydrogen-bond donors (Lipinski definition) is 1. The quantitative estimate of drug-likeness (QED) is 0.834. The molecule has 0 amide bonds. The molecule has 0 saturated heterocycles. The van der Waals surface area contributed by atoms with Gasteiger partial charge in [0.2, 0.25) is 0 Å². The molecule has 94 valence electrons. The highest BCUT2D eigenvalue weighted by atomic mass is 32.2. The molecule has 1 aromatic heterocycles. The number of rotatable bonds is 5. The van der Waals surface area contributed by atoms with E-state index in [-0.39, 0.29) is 0 Å². The van der Waals surface area contributed by atoms with Crippen LogP contribution >= 0.6 is 11.8 Å². The lowest BCUT2D eigenvalue weighted by Gasteiger charge is -2.17. The molecule has 0 spiro atoms. The van der Waals surface area contributed by atoms with Gasteiger partial charge in [-0.2, -0.15) is 0 Å². The van der Waals surface area contributed by atoms with E-state index < -0.39 is 0 Å². The minimum atomic E-state index is 0.383. The second-order valence-electron chi connectivity index (χ2n) is 4.16. The van der Waals surface area contributed by atoms with E-state index >= 15 is 0 Å². The van der Waals surface area contributed by atoms with Crippen molar-refractivity contribution in [3.8, 4) is 0 Å². The summed E-state index contributed by atoms with van der Waals surface area (Å²) in [6.45, 7) is 0.933. The van der Waals surface area contributed by atoms with Gasteiger partial charge in [-0.15, -0.1) is 11.8 Å². The summed E-state index contributed by atoms with van der Waals surface area (Å²) in [6, 6.07) is 13.0. The van der Waals surface area contributed by atoms with Crippen LogP contribution in [0.5, 0.6) is 0 Å². The Labute approximate surface area is 113 Å². The molecule has 0 aliphatic heterocycles. The van der Waals surface area contributed by atoms with Crippen molar-refractivity contribution in [2.24, 2.45) is 0 Å². The van der Waals surface area contributed by atoms with E-state index in [2.05, 4.69) is 53.0 Å². The zero-order chi connectivity index (χ0) is 12.8. The third-order valence-corrected chi connectivity index (χ3v) is 3.78. The van der Waals surface area contributed by atoms with Crippen LogP contribution in [0.15, 0.2) is 53.7 Å². The third kappa shape index (κ3) is 3.12. The van der Waals surface area contributed by atoms with Crippen molar-refractivity contribution in [2.45, 2.75) is 10.8 Å². The van der Waals surface area contributed by atoms with Crippen LogP contribution in [0.3, 0.4) is 0 Å². The number of aromatic nitrogens is 1. The van der Waals surface area contributed by atoms with Crippen molar-refractivity contribution in [1.82, 2.24) is 10.3 Å². The first-order valence-corrected chi connectivity index (χ1v) is 7.26. The molecule has 1 aromatic carbocycles. The van der Waals surface area contributed by atoms with E-state index in [9.17, 15) is 0 Å². The summed E-state index contributed by atoms with van der Waals surface area (Å²) in [7, 11) is 1.99. The highest BCUT2D eigenvalue weighted by molar-refractivity contribution is 7.98. The molecule has 0 radical (unpaired) electrons. The van der Waals surface area contributed by atoms with E-state index in [4.69, 9.17) is 0 Å². The SMILES string of the molecule is CNCC(c1ccncc1)c1ccc(SC)cc1. The molecule has 1 N–H and O–H groups in total. The summed E-state index contributed by atoms with van der Waals surface area (Å²) in [6.07, 6.45) is 5.81. The Balaban J connectivity index is 2.29. The van der Waals surface area contributed by atoms with Gasteiger partial charge < -0.3 is 5.32 Å². The summed E-state index contributed by atoms with van der Waals surface area (Å²) < 4.78 is 0. The molecule has 0 saturated carbocycles. The number of likely N-dealkylation sites (N-methyl/N-ethyl adjacent to an activating group) is 1. The number of hydrogen-bond acceptors (Lipinski definition) is 3. The Morgan fingerprint density at radius 1 is 1.06 bits per heavy atom. The molecule has 0 fully saturated rings. The average molecular weight is 258 g/mol. The second-order valence-corrected chi connectivity index (χ2v) is 5.04. The molecule has 1 heterocycles. The summed E-state index contributed by atoms with van der Waals surface area (Å²) >= 11 is 1.77. The van der Waals surface area contributed by atoms with Gasteiger partial charge in [0.15, 0.2) is 0 Å². The summed E-state index contributed by atoms with van der Waals surface area (Å²) in [5.41, 5.74) is 2.64. The van der Waals surface area contributed by atoms with Crippen molar-refractivity contribution in [3.05, 3.63) is 59.9 Å². The highest BCUT2D eigenvalue weighted by Gasteiger charge is 2.12. The zero-order valence-corrected chi connectivity index (χ0v) is 11.6. The monoisotopic (exact) mass is 258 g/mol. The predicted octanol–water partition coefficient (Wildman–Crippen LogP) is 3.15. The molecular weight excluding hydrogens is 240 g/mol. The Morgan fingerprint density at radius 2 is 1.67 bits per heavy atom. The largest absolute Gasteiger partial charge is 0.319 e. The topological polar surface area (TPSA) is 24.9 Å². The van der Waals surface area contributed by atoms with Crippen molar-refractivity contribution in [1.29, 1.82) is 0 Å². The predicted molar refractivity (Wildman–Crippen MR) is 78.2 cm³/mol. The Bertz CT molecular complexity index is 468. The molecule has 2 rings (SSSR count). The molecular formula is C15H18N2S. The molecule has 3 heteroatoms. The molecule has 0 aliphatic carbocycles. The van der Waals surface area contributed by atoms with E-state index in [1.807, 2.05) is 19.4 Å². The first-order valence-electron chi connectivity index (χ1n) is 6.03. The number of nitrogens with one attached hydrogen (secondary N) is 1. The van der Waals surface area contributed by atoms with E-state index in [0.717, 1.165) is 6.54 Å². The fourth-order valence-electron chi connectivity index (χ4n) is 2.06. The first-order chi connectivity index (χ1) is 8.85. The Hall–Kier alpha value is -1.32. The molecule has 2 nitrogen and oxygen atoms in total. The standard InChI is InChI=1S/C15H18N2S/c1-16-11-15(13-7-9-17-10-8-13)12-3-5-14(18-2)6-4-12/h3-10,15-16H,11H2,1-2H3. The molecule has 1 atom stereocenters. The number of benzene rings is 1. The highest BCUT2D eigenvalue weighted by Crippen LogP contribution is 2.25. The fourth-order valence-corrected chi connectivity index (χ4v) is 2.47. The maximum absolute atomic E-state index is 4.09. The Morgan fingerprint density at radius 3 is 2.22 bits per heavy atom. The van der Waals surface area contributed by atoms with E-state index in [1.54, 1.807) is 11.8 Å². The maximum Gasteiger partial charge on any atom is 0.0270 e. The van der Waals surface area contributed by atoms with Gasteiger partial charge in [0.25, 0.3) is 0 Å². The van der Waals surface area contributed by atoms with E-state index in [0.29, 0.717) is 5.92 Å². The first kappa shape index (κ1) is 13.1.